The number of nitrogens with zero attached hydrogens (tertiary/aromatic N) is 1. The number of esters is 1. The number of para-hydroxylation sites is 1. The van der Waals surface area contributed by atoms with Gasteiger partial charge in [0.25, 0.3) is 0 Å². The summed E-state index contributed by atoms with van der Waals surface area (Å²) < 4.78 is 21.4. The lowest BCUT2D eigenvalue weighted by atomic mass is 10.1. The van der Waals surface area contributed by atoms with Crippen LogP contribution in [-0.2, 0) is 11.3 Å². The predicted molar refractivity (Wildman–Crippen MR) is 105 cm³/mol. The number of benzene rings is 2. The second-order valence-electron chi connectivity index (χ2n) is 6.21. The Kier molecular flexibility index (Phi) is 5.44. The Morgan fingerprint density at radius 2 is 1.97 bits per heavy atom. The molecule has 0 bridgehead atoms. The van der Waals surface area contributed by atoms with Crippen LogP contribution in [0.4, 0.5) is 0 Å². The van der Waals surface area contributed by atoms with Gasteiger partial charge in [-0.1, -0.05) is 12.1 Å². The molecule has 0 aliphatic carbocycles. The molecular formula is C21H17NO6S. The Morgan fingerprint density at radius 3 is 2.79 bits per heavy atom. The topological polar surface area (TPSA) is 84.0 Å². The van der Waals surface area contributed by atoms with E-state index in [1.165, 1.54) is 11.3 Å². The second-order valence-corrected chi connectivity index (χ2v) is 7.27. The molecule has 1 aromatic heterocycles. The Bertz CT molecular complexity index is 1060. The van der Waals surface area contributed by atoms with Crippen molar-refractivity contribution in [3.63, 3.8) is 0 Å². The fourth-order valence-corrected chi connectivity index (χ4v) is 3.35. The van der Waals surface area contributed by atoms with Crippen LogP contribution in [0, 0.1) is 6.92 Å². The number of carbonyl (C=O) groups is 2. The van der Waals surface area contributed by atoms with E-state index >= 15 is 0 Å². The highest BCUT2D eigenvalue weighted by molar-refractivity contribution is 7.09. The molecule has 4 rings (SSSR count). The van der Waals surface area contributed by atoms with Gasteiger partial charge in [-0.25, -0.2) is 9.78 Å². The van der Waals surface area contributed by atoms with E-state index in [1.807, 2.05) is 12.3 Å². The van der Waals surface area contributed by atoms with Crippen molar-refractivity contribution in [1.29, 1.82) is 0 Å². The van der Waals surface area contributed by atoms with Gasteiger partial charge in [0.05, 0.1) is 10.7 Å². The van der Waals surface area contributed by atoms with Crippen molar-refractivity contribution < 1.29 is 28.5 Å². The number of aryl methyl sites for hydroxylation is 1. The number of hydrogen-bond acceptors (Lipinski definition) is 8. The van der Waals surface area contributed by atoms with E-state index in [0.717, 1.165) is 10.7 Å². The normalized spacial score (nSPS) is 11.9. The molecule has 0 fully saturated rings. The van der Waals surface area contributed by atoms with Gasteiger partial charge in [0.2, 0.25) is 6.79 Å². The summed E-state index contributed by atoms with van der Waals surface area (Å²) in [6.45, 7) is 1.89. The summed E-state index contributed by atoms with van der Waals surface area (Å²) in [6, 6.07) is 11.6. The van der Waals surface area contributed by atoms with Gasteiger partial charge in [-0.3, -0.25) is 4.79 Å². The van der Waals surface area contributed by atoms with E-state index in [9.17, 15) is 9.59 Å². The largest absolute Gasteiger partial charge is 0.486 e. The lowest BCUT2D eigenvalue weighted by molar-refractivity contribution is 0.0470. The zero-order chi connectivity index (χ0) is 20.2. The smallest absolute Gasteiger partial charge is 0.342 e. The molecule has 0 radical (unpaired) electrons. The molecule has 3 aromatic rings. The van der Waals surface area contributed by atoms with Crippen molar-refractivity contribution in [3.05, 3.63) is 69.7 Å². The first-order valence-electron chi connectivity index (χ1n) is 8.83. The van der Waals surface area contributed by atoms with Gasteiger partial charge in [0.15, 0.2) is 23.9 Å². The molecular weight excluding hydrogens is 394 g/mol. The molecule has 7 nitrogen and oxygen atoms in total. The molecule has 0 saturated heterocycles. The first-order chi connectivity index (χ1) is 14.1. The summed E-state index contributed by atoms with van der Waals surface area (Å²) in [6.07, 6.45) is 0. The summed E-state index contributed by atoms with van der Waals surface area (Å²) >= 11 is 1.53. The van der Waals surface area contributed by atoms with E-state index < -0.39 is 12.6 Å². The summed E-state index contributed by atoms with van der Waals surface area (Å²) in [5.74, 6) is 0.481. The number of carbonyl (C=O) groups excluding carboxylic acids is 2. The zero-order valence-electron chi connectivity index (χ0n) is 15.5. The van der Waals surface area contributed by atoms with Crippen LogP contribution in [0.2, 0.25) is 0 Å². The van der Waals surface area contributed by atoms with Gasteiger partial charge in [-0.05, 0) is 37.3 Å². The van der Waals surface area contributed by atoms with Crippen LogP contribution in [0.5, 0.6) is 17.2 Å². The van der Waals surface area contributed by atoms with Gasteiger partial charge in [-0.15, -0.1) is 11.3 Å². The molecule has 0 unspecified atom stereocenters. The fourth-order valence-electron chi connectivity index (χ4n) is 2.75. The SMILES string of the molecule is Cc1nc(COc2ccccc2C(=O)OCC(=O)c2ccc3c(c2)OCO3)cs1. The number of ether oxygens (including phenoxy) is 4. The van der Waals surface area contributed by atoms with Crippen LogP contribution in [-0.4, -0.2) is 30.1 Å². The highest BCUT2D eigenvalue weighted by Gasteiger charge is 2.19. The molecule has 0 atom stereocenters. The summed E-state index contributed by atoms with van der Waals surface area (Å²) in [5.41, 5.74) is 1.41. The second kappa shape index (κ2) is 8.32. The molecule has 0 amide bonds. The van der Waals surface area contributed by atoms with Crippen LogP contribution in [0.3, 0.4) is 0 Å². The first kappa shape index (κ1) is 18.9. The van der Waals surface area contributed by atoms with E-state index in [4.69, 9.17) is 18.9 Å². The standard InChI is InChI=1S/C21H17NO6S/c1-13-22-15(11-29-13)9-25-18-5-3-2-4-16(18)21(24)26-10-17(23)14-6-7-19-20(8-14)28-12-27-19/h2-8,11H,9-10,12H2,1H3. The van der Waals surface area contributed by atoms with Crippen molar-refractivity contribution >= 4 is 23.1 Å². The van der Waals surface area contributed by atoms with Gasteiger partial charge in [-0.2, -0.15) is 0 Å². The molecule has 29 heavy (non-hydrogen) atoms. The lowest BCUT2D eigenvalue weighted by Gasteiger charge is -2.10. The minimum atomic E-state index is -0.635. The van der Waals surface area contributed by atoms with Crippen molar-refractivity contribution in [2.24, 2.45) is 0 Å². The average molecular weight is 411 g/mol. The highest BCUT2D eigenvalue weighted by Crippen LogP contribution is 2.32. The summed E-state index contributed by atoms with van der Waals surface area (Å²) in [7, 11) is 0. The number of aromatic nitrogens is 1. The number of ketones is 1. The number of Topliss-reactive ketones (excluding diaryl/α,β-unsaturated/α-hetero) is 1. The Hall–Kier alpha value is -3.39. The molecule has 2 aromatic carbocycles. The molecule has 2 heterocycles. The first-order valence-corrected chi connectivity index (χ1v) is 9.71. The molecule has 1 aliphatic rings. The predicted octanol–water partition coefficient (Wildman–Crippen LogP) is 3.80. The lowest BCUT2D eigenvalue weighted by Crippen LogP contribution is -2.15. The number of fused-ring (bicyclic) bond motifs is 1. The monoisotopic (exact) mass is 411 g/mol. The number of thiazole rings is 1. The molecule has 8 heteroatoms. The van der Waals surface area contributed by atoms with Crippen molar-refractivity contribution in [2.75, 3.05) is 13.4 Å². The Labute approximate surface area is 170 Å². The van der Waals surface area contributed by atoms with Gasteiger partial charge in [0, 0.05) is 10.9 Å². The van der Waals surface area contributed by atoms with Gasteiger partial charge >= 0.3 is 5.97 Å². The minimum Gasteiger partial charge on any atom is -0.486 e. The quantitative estimate of drug-likeness (QED) is 0.432. The van der Waals surface area contributed by atoms with Crippen LogP contribution in [0.1, 0.15) is 31.4 Å². The van der Waals surface area contributed by atoms with E-state index in [0.29, 0.717) is 22.8 Å². The number of rotatable bonds is 7. The van der Waals surface area contributed by atoms with Crippen molar-refractivity contribution in [3.8, 4) is 17.2 Å². The Morgan fingerprint density at radius 1 is 1.14 bits per heavy atom. The third kappa shape index (κ3) is 4.38. The number of hydrogen-bond donors (Lipinski definition) is 0. The van der Waals surface area contributed by atoms with Crippen LogP contribution in [0.15, 0.2) is 47.8 Å². The average Bonchev–Trinajstić information content (AvgIpc) is 3.38. The van der Waals surface area contributed by atoms with E-state index in [-0.39, 0.29) is 24.7 Å². The summed E-state index contributed by atoms with van der Waals surface area (Å²) in [5, 5.41) is 2.85. The maximum absolute atomic E-state index is 12.5. The molecule has 0 N–H and O–H groups in total. The van der Waals surface area contributed by atoms with Crippen LogP contribution in [0.25, 0.3) is 0 Å². The van der Waals surface area contributed by atoms with Crippen LogP contribution < -0.4 is 14.2 Å². The van der Waals surface area contributed by atoms with E-state index in [2.05, 4.69) is 4.98 Å². The van der Waals surface area contributed by atoms with Crippen molar-refractivity contribution in [1.82, 2.24) is 4.98 Å². The maximum Gasteiger partial charge on any atom is 0.342 e. The molecule has 0 spiro atoms. The third-order valence-corrected chi connectivity index (χ3v) is 5.00. The fraction of sp³-hybridized carbons (Fsp3) is 0.190. The molecule has 0 saturated carbocycles. The molecule has 1 aliphatic heterocycles. The Balaban J connectivity index is 1.38. The highest BCUT2D eigenvalue weighted by atomic mass is 32.1. The van der Waals surface area contributed by atoms with Crippen molar-refractivity contribution in [2.45, 2.75) is 13.5 Å². The third-order valence-electron chi connectivity index (χ3n) is 4.18. The zero-order valence-corrected chi connectivity index (χ0v) is 16.4. The minimum absolute atomic E-state index is 0.124. The van der Waals surface area contributed by atoms with Crippen LogP contribution >= 0.6 is 11.3 Å². The van der Waals surface area contributed by atoms with Gasteiger partial charge in [0.1, 0.15) is 17.9 Å². The van der Waals surface area contributed by atoms with Gasteiger partial charge < -0.3 is 18.9 Å². The maximum atomic E-state index is 12.5. The van der Waals surface area contributed by atoms with E-state index in [1.54, 1.807) is 42.5 Å². The molecule has 148 valence electrons. The summed E-state index contributed by atoms with van der Waals surface area (Å²) in [4.78, 5) is 29.2.